The number of aliphatic hydroxyl groups excluding tert-OH is 1. The maximum atomic E-state index is 13.2. The van der Waals surface area contributed by atoms with Gasteiger partial charge < -0.3 is 25.2 Å². The Kier molecular flexibility index (Phi) is 7.98. The molecule has 0 aliphatic carbocycles. The molecule has 162 valence electrons. The van der Waals surface area contributed by atoms with E-state index in [1.807, 2.05) is 42.5 Å². The Morgan fingerprint density at radius 1 is 1.00 bits per heavy atom. The number of halogens is 1. The maximum Gasteiger partial charge on any atom is 0.319 e. The average Bonchev–Trinajstić information content (AvgIpc) is 2.78. The number of aliphatic hydroxyl groups is 1. The van der Waals surface area contributed by atoms with E-state index in [1.54, 1.807) is 19.2 Å². The summed E-state index contributed by atoms with van der Waals surface area (Å²) in [4.78, 5) is 12.1. The van der Waals surface area contributed by atoms with E-state index in [0.717, 1.165) is 16.9 Å². The van der Waals surface area contributed by atoms with Crippen molar-refractivity contribution in [2.75, 3.05) is 19.0 Å². The van der Waals surface area contributed by atoms with Gasteiger partial charge in [0, 0.05) is 12.2 Å². The van der Waals surface area contributed by atoms with E-state index in [4.69, 9.17) is 9.47 Å². The SMILES string of the molecule is COc1ccc(COCc2cccc(NC(=O)NCC(O)c3cccc(F)c3)c2)cc1. The van der Waals surface area contributed by atoms with Crippen LogP contribution in [0.4, 0.5) is 14.9 Å². The van der Waals surface area contributed by atoms with Gasteiger partial charge in [-0.1, -0.05) is 36.4 Å². The zero-order chi connectivity index (χ0) is 22.1. The molecule has 0 saturated carbocycles. The number of ether oxygens (including phenoxy) is 2. The highest BCUT2D eigenvalue weighted by molar-refractivity contribution is 5.89. The van der Waals surface area contributed by atoms with Crippen molar-refractivity contribution in [1.29, 1.82) is 0 Å². The number of benzene rings is 3. The molecule has 3 N–H and O–H groups in total. The summed E-state index contributed by atoms with van der Waals surface area (Å²) in [5.41, 5.74) is 2.94. The second-order valence-corrected chi connectivity index (χ2v) is 6.95. The molecule has 0 saturated heterocycles. The standard InChI is InChI=1S/C24H25FN2O4/c1-30-22-10-8-17(9-11-22)15-31-16-18-4-2-7-21(12-18)27-24(29)26-14-23(28)19-5-3-6-20(25)13-19/h2-13,23,28H,14-16H2,1H3,(H2,26,27,29). The van der Waals surface area contributed by atoms with Gasteiger partial charge >= 0.3 is 6.03 Å². The highest BCUT2D eigenvalue weighted by Crippen LogP contribution is 2.16. The fraction of sp³-hybridized carbons (Fsp3) is 0.208. The van der Waals surface area contributed by atoms with Gasteiger partial charge in [0.1, 0.15) is 11.6 Å². The molecule has 0 fully saturated rings. The predicted molar refractivity (Wildman–Crippen MR) is 116 cm³/mol. The van der Waals surface area contributed by atoms with Gasteiger partial charge in [-0.05, 0) is 53.1 Å². The molecule has 31 heavy (non-hydrogen) atoms. The minimum atomic E-state index is -1.00. The van der Waals surface area contributed by atoms with Crippen molar-refractivity contribution >= 4 is 11.7 Å². The summed E-state index contributed by atoms with van der Waals surface area (Å²) in [7, 11) is 1.62. The molecule has 0 radical (unpaired) electrons. The van der Waals surface area contributed by atoms with E-state index in [-0.39, 0.29) is 6.54 Å². The average molecular weight is 424 g/mol. The lowest BCUT2D eigenvalue weighted by molar-refractivity contribution is 0.107. The van der Waals surface area contributed by atoms with Crippen LogP contribution in [0.2, 0.25) is 0 Å². The molecule has 0 spiro atoms. The van der Waals surface area contributed by atoms with Gasteiger partial charge in [-0.2, -0.15) is 0 Å². The smallest absolute Gasteiger partial charge is 0.319 e. The number of carbonyl (C=O) groups is 1. The minimum absolute atomic E-state index is 0.0417. The third kappa shape index (κ3) is 7.09. The molecule has 3 aromatic carbocycles. The number of urea groups is 1. The van der Waals surface area contributed by atoms with Crippen LogP contribution >= 0.6 is 0 Å². The van der Waals surface area contributed by atoms with Gasteiger partial charge in [-0.25, -0.2) is 9.18 Å². The molecule has 1 atom stereocenters. The minimum Gasteiger partial charge on any atom is -0.497 e. The van der Waals surface area contributed by atoms with E-state index in [0.29, 0.717) is 24.5 Å². The second kappa shape index (κ2) is 11.1. The Bertz CT molecular complexity index is 995. The van der Waals surface area contributed by atoms with Crippen LogP contribution < -0.4 is 15.4 Å². The largest absolute Gasteiger partial charge is 0.497 e. The Balaban J connectivity index is 1.45. The number of hydrogen-bond donors (Lipinski definition) is 3. The zero-order valence-electron chi connectivity index (χ0n) is 17.2. The molecule has 0 aliphatic heterocycles. The predicted octanol–water partition coefficient (Wildman–Crippen LogP) is 4.41. The fourth-order valence-corrected chi connectivity index (χ4v) is 2.94. The van der Waals surface area contributed by atoms with Crippen molar-refractivity contribution in [3.63, 3.8) is 0 Å². The molecular weight excluding hydrogens is 399 g/mol. The second-order valence-electron chi connectivity index (χ2n) is 6.95. The van der Waals surface area contributed by atoms with Crippen molar-refractivity contribution in [2.24, 2.45) is 0 Å². The van der Waals surface area contributed by atoms with Crippen molar-refractivity contribution in [3.05, 3.63) is 95.3 Å². The third-order valence-electron chi connectivity index (χ3n) is 4.57. The molecule has 1 unspecified atom stereocenters. The van der Waals surface area contributed by atoms with E-state index in [1.165, 1.54) is 18.2 Å². The van der Waals surface area contributed by atoms with Crippen LogP contribution in [-0.2, 0) is 18.0 Å². The van der Waals surface area contributed by atoms with Crippen LogP contribution in [0.3, 0.4) is 0 Å². The first-order valence-corrected chi connectivity index (χ1v) is 9.81. The normalized spacial score (nSPS) is 11.6. The molecule has 0 aliphatic rings. The van der Waals surface area contributed by atoms with Crippen LogP contribution in [0.5, 0.6) is 5.75 Å². The van der Waals surface area contributed by atoms with Gasteiger partial charge in [-0.15, -0.1) is 0 Å². The topological polar surface area (TPSA) is 79.8 Å². The molecule has 3 aromatic rings. The van der Waals surface area contributed by atoms with Crippen molar-refractivity contribution < 1.29 is 23.8 Å². The van der Waals surface area contributed by atoms with Crippen molar-refractivity contribution in [2.45, 2.75) is 19.3 Å². The van der Waals surface area contributed by atoms with E-state index >= 15 is 0 Å². The summed E-state index contributed by atoms with van der Waals surface area (Å²) in [5.74, 6) is 0.358. The zero-order valence-corrected chi connectivity index (χ0v) is 17.2. The highest BCUT2D eigenvalue weighted by atomic mass is 19.1. The third-order valence-corrected chi connectivity index (χ3v) is 4.57. The molecule has 0 bridgehead atoms. The van der Waals surface area contributed by atoms with E-state index in [9.17, 15) is 14.3 Å². The van der Waals surface area contributed by atoms with Crippen molar-refractivity contribution in [1.82, 2.24) is 5.32 Å². The Labute approximate surface area is 180 Å². The van der Waals surface area contributed by atoms with Gasteiger partial charge in [0.2, 0.25) is 0 Å². The number of hydrogen-bond acceptors (Lipinski definition) is 4. The maximum absolute atomic E-state index is 13.2. The van der Waals surface area contributed by atoms with Gasteiger partial charge in [0.05, 0.1) is 26.4 Å². The Morgan fingerprint density at radius 3 is 2.48 bits per heavy atom. The van der Waals surface area contributed by atoms with E-state index < -0.39 is 18.0 Å². The molecule has 6 nitrogen and oxygen atoms in total. The molecule has 3 rings (SSSR count). The summed E-state index contributed by atoms with van der Waals surface area (Å²) in [6, 6.07) is 20.1. The van der Waals surface area contributed by atoms with Crippen molar-refractivity contribution in [3.8, 4) is 5.75 Å². The summed E-state index contributed by atoms with van der Waals surface area (Å²) in [5, 5.41) is 15.4. The number of nitrogens with one attached hydrogen (secondary N) is 2. The van der Waals surface area contributed by atoms with Crippen LogP contribution in [0.1, 0.15) is 22.8 Å². The first kappa shape index (κ1) is 22.3. The summed E-state index contributed by atoms with van der Waals surface area (Å²) >= 11 is 0. The summed E-state index contributed by atoms with van der Waals surface area (Å²) in [6.07, 6.45) is -1.00. The van der Waals surface area contributed by atoms with Gasteiger partial charge in [0.15, 0.2) is 0 Å². The lowest BCUT2D eigenvalue weighted by Gasteiger charge is -2.13. The number of amides is 2. The Hall–Kier alpha value is -3.42. The Morgan fingerprint density at radius 2 is 1.74 bits per heavy atom. The number of carbonyl (C=O) groups excluding carboxylic acids is 1. The molecule has 0 heterocycles. The fourth-order valence-electron chi connectivity index (χ4n) is 2.94. The lowest BCUT2D eigenvalue weighted by atomic mass is 10.1. The summed E-state index contributed by atoms with van der Waals surface area (Å²) in [6.45, 7) is 0.807. The van der Waals surface area contributed by atoms with Crippen LogP contribution in [0.25, 0.3) is 0 Å². The van der Waals surface area contributed by atoms with Gasteiger partial charge in [0.25, 0.3) is 0 Å². The number of rotatable bonds is 9. The van der Waals surface area contributed by atoms with Crippen LogP contribution in [0, 0.1) is 5.82 Å². The quantitative estimate of drug-likeness (QED) is 0.476. The van der Waals surface area contributed by atoms with E-state index in [2.05, 4.69) is 10.6 Å². The first-order valence-electron chi connectivity index (χ1n) is 9.81. The first-order chi connectivity index (χ1) is 15.0. The summed E-state index contributed by atoms with van der Waals surface area (Å²) < 4.78 is 24.1. The molecular formula is C24H25FN2O4. The van der Waals surface area contributed by atoms with Crippen LogP contribution in [0.15, 0.2) is 72.8 Å². The monoisotopic (exact) mass is 424 g/mol. The lowest BCUT2D eigenvalue weighted by Crippen LogP contribution is -2.32. The molecule has 7 heteroatoms. The van der Waals surface area contributed by atoms with Crippen LogP contribution in [-0.4, -0.2) is 24.8 Å². The number of anilines is 1. The van der Waals surface area contributed by atoms with Gasteiger partial charge in [-0.3, -0.25) is 0 Å². The molecule has 2 amide bonds. The number of methoxy groups -OCH3 is 1. The highest BCUT2D eigenvalue weighted by Gasteiger charge is 2.10. The molecule has 0 aromatic heterocycles.